The van der Waals surface area contributed by atoms with E-state index in [9.17, 15) is 0 Å². The Morgan fingerprint density at radius 3 is 2.88 bits per heavy atom. The fourth-order valence-corrected chi connectivity index (χ4v) is 3.06. The number of hydrogen-bond acceptors (Lipinski definition) is 5. The van der Waals surface area contributed by atoms with Crippen molar-refractivity contribution >= 4 is 17.1 Å². The molecule has 4 aromatic rings. The molecule has 0 amide bonds. The van der Waals surface area contributed by atoms with E-state index in [1.165, 1.54) is 12.8 Å². The monoisotopic (exact) mass is 319 g/mol. The van der Waals surface area contributed by atoms with Gasteiger partial charge in [-0.15, -0.1) is 5.10 Å². The van der Waals surface area contributed by atoms with Gasteiger partial charge in [-0.3, -0.25) is 0 Å². The molecule has 120 valence electrons. The normalized spacial score (nSPS) is 15.9. The average molecular weight is 319 g/mol. The first-order valence-electron chi connectivity index (χ1n) is 8.19. The largest absolute Gasteiger partial charge is 0.350 e. The number of nitrogens with one attached hydrogen (secondary N) is 1. The molecule has 4 aromatic heterocycles. The highest BCUT2D eigenvalue weighted by Crippen LogP contribution is 2.33. The second-order valence-corrected chi connectivity index (χ2v) is 6.36. The molecule has 1 N–H and O–H groups in total. The lowest BCUT2D eigenvalue weighted by Gasteiger charge is -2.12. The van der Waals surface area contributed by atoms with Crippen LogP contribution in [0.1, 0.15) is 19.8 Å². The summed E-state index contributed by atoms with van der Waals surface area (Å²) >= 11 is 0. The molecule has 7 heteroatoms. The van der Waals surface area contributed by atoms with Gasteiger partial charge in [0.05, 0.1) is 17.4 Å². The average Bonchev–Trinajstić information content (AvgIpc) is 3.20. The molecule has 1 aliphatic carbocycles. The van der Waals surface area contributed by atoms with E-state index in [1.807, 2.05) is 41.3 Å². The van der Waals surface area contributed by atoms with Crippen LogP contribution in [0.25, 0.3) is 22.4 Å². The third-order valence-electron chi connectivity index (χ3n) is 4.63. The predicted octanol–water partition coefficient (Wildman–Crippen LogP) is 2.65. The number of hydrogen-bond donors (Lipinski definition) is 1. The van der Waals surface area contributed by atoms with Crippen LogP contribution in [0.15, 0.2) is 43.0 Å². The summed E-state index contributed by atoms with van der Waals surface area (Å²) < 4.78 is 3.62. The standard InChI is InChI=1S/C17H17N7/c1-11(12-2-3-12)20-17-19-10-15-13(6-8-23(15)22-17)14-4-5-16-18-7-9-24(16)21-14/h4-12H,2-3H2,1H3,(H,20,22). The van der Waals surface area contributed by atoms with Crippen molar-refractivity contribution in [2.24, 2.45) is 5.92 Å². The Bertz CT molecular complexity index is 1030. The maximum absolute atomic E-state index is 4.60. The summed E-state index contributed by atoms with van der Waals surface area (Å²) in [6.45, 7) is 2.19. The van der Waals surface area contributed by atoms with Gasteiger partial charge in [-0.1, -0.05) is 0 Å². The molecule has 1 saturated carbocycles. The molecular weight excluding hydrogens is 302 g/mol. The molecule has 0 aliphatic heterocycles. The van der Waals surface area contributed by atoms with Crippen LogP contribution in [0.5, 0.6) is 0 Å². The molecule has 24 heavy (non-hydrogen) atoms. The number of anilines is 1. The summed E-state index contributed by atoms with van der Waals surface area (Å²) in [5.41, 5.74) is 3.65. The Hall–Kier alpha value is -2.96. The summed E-state index contributed by atoms with van der Waals surface area (Å²) in [4.78, 5) is 8.70. The van der Waals surface area contributed by atoms with Crippen LogP contribution in [-0.2, 0) is 0 Å². The summed E-state index contributed by atoms with van der Waals surface area (Å²) in [6, 6.07) is 6.37. The summed E-state index contributed by atoms with van der Waals surface area (Å²) in [5, 5.41) is 12.6. The molecular formula is C17H17N7. The highest BCUT2D eigenvalue weighted by Gasteiger charge is 2.28. The van der Waals surface area contributed by atoms with Gasteiger partial charge in [0.1, 0.15) is 0 Å². The van der Waals surface area contributed by atoms with Crippen molar-refractivity contribution in [2.45, 2.75) is 25.8 Å². The number of aromatic nitrogens is 6. The second kappa shape index (κ2) is 5.02. The topological polar surface area (TPSA) is 72.4 Å². The van der Waals surface area contributed by atoms with Gasteiger partial charge < -0.3 is 5.32 Å². The number of rotatable bonds is 4. The smallest absolute Gasteiger partial charge is 0.241 e. The van der Waals surface area contributed by atoms with Crippen molar-refractivity contribution in [2.75, 3.05) is 5.32 Å². The molecule has 1 unspecified atom stereocenters. The zero-order valence-electron chi connectivity index (χ0n) is 13.3. The van der Waals surface area contributed by atoms with Crippen LogP contribution in [0.2, 0.25) is 0 Å². The number of imidazole rings is 1. The van der Waals surface area contributed by atoms with Gasteiger partial charge in [0.2, 0.25) is 5.95 Å². The molecule has 1 aliphatic rings. The van der Waals surface area contributed by atoms with Crippen molar-refractivity contribution in [3.05, 3.63) is 43.0 Å². The quantitative estimate of drug-likeness (QED) is 0.626. The minimum Gasteiger partial charge on any atom is -0.350 e. The first kappa shape index (κ1) is 13.5. The Labute approximate surface area is 138 Å². The Kier molecular flexibility index (Phi) is 2.82. The molecule has 0 radical (unpaired) electrons. The van der Waals surface area contributed by atoms with Gasteiger partial charge in [-0.25, -0.2) is 19.0 Å². The maximum atomic E-state index is 4.60. The fourth-order valence-electron chi connectivity index (χ4n) is 3.06. The van der Waals surface area contributed by atoms with Crippen molar-refractivity contribution in [3.8, 4) is 11.3 Å². The zero-order valence-corrected chi connectivity index (χ0v) is 13.3. The minimum absolute atomic E-state index is 0.419. The number of fused-ring (bicyclic) bond motifs is 2. The van der Waals surface area contributed by atoms with Crippen LogP contribution >= 0.6 is 0 Å². The third kappa shape index (κ3) is 2.20. The van der Waals surface area contributed by atoms with E-state index in [0.29, 0.717) is 12.0 Å². The first-order chi connectivity index (χ1) is 11.8. The molecule has 5 rings (SSSR count). The van der Waals surface area contributed by atoms with Gasteiger partial charge >= 0.3 is 0 Å². The molecule has 0 aromatic carbocycles. The van der Waals surface area contributed by atoms with Gasteiger partial charge in [-0.2, -0.15) is 5.10 Å². The zero-order chi connectivity index (χ0) is 16.1. The third-order valence-corrected chi connectivity index (χ3v) is 4.63. The Balaban J connectivity index is 1.52. The fraction of sp³-hybridized carbons (Fsp3) is 0.294. The van der Waals surface area contributed by atoms with Crippen molar-refractivity contribution in [1.82, 2.24) is 29.2 Å². The van der Waals surface area contributed by atoms with Crippen molar-refractivity contribution in [1.29, 1.82) is 0 Å². The predicted molar refractivity (Wildman–Crippen MR) is 90.8 cm³/mol. The van der Waals surface area contributed by atoms with Gasteiger partial charge in [0.25, 0.3) is 0 Å². The Morgan fingerprint density at radius 1 is 1.08 bits per heavy atom. The van der Waals surface area contributed by atoms with Crippen LogP contribution in [0.3, 0.4) is 0 Å². The van der Waals surface area contributed by atoms with Crippen LogP contribution in [0.4, 0.5) is 5.95 Å². The van der Waals surface area contributed by atoms with Crippen molar-refractivity contribution in [3.63, 3.8) is 0 Å². The summed E-state index contributed by atoms with van der Waals surface area (Å²) in [5.74, 6) is 1.43. The van der Waals surface area contributed by atoms with E-state index in [1.54, 1.807) is 10.7 Å². The van der Waals surface area contributed by atoms with E-state index in [-0.39, 0.29) is 0 Å². The molecule has 4 heterocycles. The molecule has 1 fully saturated rings. The van der Waals surface area contributed by atoms with Crippen LogP contribution < -0.4 is 5.32 Å². The molecule has 7 nitrogen and oxygen atoms in total. The lowest BCUT2D eigenvalue weighted by molar-refractivity contribution is 0.680. The van der Waals surface area contributed by atoms with Gasteiger partial charge in [-0.05, 0) is 43.9 Å². The highest BCUT2D eigenvalue weighted by atomic mass is 15.3. The van der Waals surface area contributed by atoms with Gasteiger partial charge in [0, 0.05) is 30.2 Å². The van der Waals surface area contributed by atoms with Crippen LogP contribution in [0, 0.1) is 5.92 Å². The van der Waals surface area contributed by atoms with E-state index in [2.05, 4.69) is 32.4 Å². The Morgan fingerprint density at radius 2 is 2.00 bits per heavy atom. The van der Waals surface area contributed by atoms with E-state index < -0.39 is 0 Å². The van der Waals surface area contributed by atoms with Crippen LogP contribution in [-0.4, -0.2) is 35.2 Å². The first-order valence-corrected chi connectivity index (χ1v) is 8.19. The maximum Gasteiger partial charge on any atom is 0.241 e. The molecule has 0 saturated heterocycles. The minimum atomic E-state index is 0.419. The SMILES string of the molecule is CC(Nc1ncc2c(-c3ccc4nccn4n3)ccn2n1)C1CC1. The summed E-state index contributed by atoms with van der Waals surface area (Å²) in [6.07, 6.45) is 9.98. The molecule has 0 bridgehead atoms. The second-order valence-electron chi connectivity index (χ2n) is 6.36. The number of nitrogens with zero attached hydrogens (tertiary/aromatic N) is 6. The van der Waals surface area contributed by atoms with Gasteiger partial charge in [0.15, 0.2) is 5.65 Å². The summed E-state index contributed by atoms with van der Waals surface area (Å²) in [7, 11) is 0. The molecule has 1 atom stereocenters. The van der Waals surface area contributed by atoms with E-state index >= 15 is 0 Å². The van der Waals surface area contributed by atoms with E-state index in [0.717, 1.165) is 28.3 Å². The van der Waals surface area contributed by atoms with E-state index in [4.69, 9.17) is 0 Å². The van der Waals surface area contributed by atoms with Crippen molar-refractivity contribution < 1.29 is 0 Å². The lowest BCUT2D eigenvalue weighted by atomic mass is 10.2. The highest BCUT2D eigenvalue weighted by molar-refractivity contribution is 5.78. The lowest BCUT2D eigenvalue weighted by Crippen LogP contribution is -2.19. The molecule has 0 spiro atoms.